The molecule has 142 valence electrons. The van der Waals surface area contributed by atoms with Crippen molar-refractivity contribution in [3.63, 3.8) is 0 Å². The van der Waals surface area contributed by atoms with E-state index in [1.165, 1.54) is 0 Å². The second kappa shape index (κ2) is 8.58. The van der Waals surface area contributed by atoms with E-state index >= 15 is 0 Å². The van der Waals surface area contributed by atoms with Gasteiger partial charge >= 0.3 is 6.03 Å². The van der Waals surface area contributed by atoms with Crippen molar-refractivity contribution < 1.29 is 14.3 Å². The Labute approximate surface area is 159 Å². The van der Waals surface area contributed by atoms with E-state index in [1.54, 1.807) is 24.1 Å². The summed E-state index contributed by atoms with van der Waals surface area (Å²) in [5, 5.41) is 5.98. The van der Waals surface area contributed by atoms with Crippen LogP contribution >= 0.6 is 0 Å². The molecule has 1 fully saturated rings. The number of methoxy groups -OCH3 is 1. The predicted molar refractivity (Wildman–Crippen MR) is 105 cm³/mol. The Bertz CT molecular complexity index is 800. The lowest BCUT2D eigenvalue weighted by atomic mass is 10.0. The highest BCUT2D eigenvalue weighted by molar-refractivity contribution is 5.94. The van der Waals surface area contributed by atoms with Crippen LogP contribution in [0.5, 0.6) is 5.75 Å². The zero-order valence-electron chi connectivity index (χ0n) is 15.7. The second-order valence-corrected chi connectivity index (χ2v) is 6.72. The lowest BCUT2D eigenvalue weighted by Gasteiger charge is -2.32. The molecule has 1 saturated heterocycles. The van der Waals surface area contributed by atoms with Crippen LogP contribution in [0.1, 0.15) is 28.8 Å². The molecule has 27 heavy (non-hydrogen) atoms. The smallest absolute Gasteiger partial charge is 0.321 e. The van der Waals surface area contributed by atoms with Gasteiger partial charge in [0.05, 0.1) is 7.11 Å². The fourth-order valence-electron chi connectivity index (χ4n) is 3.24. The number of aryl methyl sites for hydroxylation is 1. The molecule has 2 aromatic rings. The maximum absolute atomic E-state index is 12.5. The number of anilines is 1. The molecule has 2 N–H and O–H groups in total. The molecule has 0 radical (unpaired) electrons. The summed E-state index contributed by atoms with van der Waals surface area (Å²) < 4.78 is 5.24. The average Bonchev–Trinajstić information content (AvgIpc) is 2.69. The van der Waals surface area contributed by atoms with E-state index in [0.29, 0.717) is 18.7 Å². The summed E-state index contributed by atoms with van der Waals surface area (Å²) in [6.45, 7) is 3.16. The number of rotatable bonds is 4. The third kappa shape index (κ3) is 4.78. The molecular formula is C21H25N3O3. The van der Waals surface area contributed by atoms with Gasteiger partial charge in [0.2, 0.25) is 0 Å². The van der Waals surface area contributed by atoms with Crippen LogP contribution < -0.4 is 15.4 Å². The van der Waals surface area contributed by atoms with Crippen LogP contribution in [-0.4, -0.2) is 43.1 Å². The van der Waals surface area contributed by atoms with Crippen molar-refractivity contribution in [1.29, 1.82) is 0 Å². The number of hydrogen-bond donors (Lipinski definition) is 2. The van der Waals surface area contributed by atoms with Crippen molar-refractivity contribution in [1.82, 2.24) is 10.2 Å². The van der Waals surface area contributed by atoms with Crippen LogP contribution in [0.15, 0.2) is 48.5 Å². The summed E-state index contributed by atoms with van der Waals surface area (Å²) >= 11 is 0. The van der Waals surface area contributed by atoms with E-state index in [-0.39, 0.29) is 18.0 Å². The zero-order chi connectivity index (χ0) is 19.2. The second-order valence-electron chi connectivity index (χ2n) is 6.72. The first-order valence-electron chi connectivity index (χ1n) is 9.13. The minimum absolute atomic E-state index is 0.0628. The number of ether oxygens (including phenoxy) is 1. The lowest BCUT2D eigenvalue weighted by molar-refractivity contribution is 0.0919. The molecule has 6 heteroatoms. The average molecular weight is 367 g/mol. The van der Waals surface area contributed by atoms with E-state index in [0.717, 1.165) is 29.8 Å². The number of nitrogens with zero attached hydrogens (tertiary/aromatic N) is 1. The Morgan fingerprint density at radius 2 is 1.78 bits per heavy atom. The Balaban J connectivity index is 1.49. The summed E-state index contributed by atoms with van der Waals surface area (Å²) in [5.74, 6) is 0.732. The van der Waals surface area contributed by atoms with Gasteiger partial charge in [-0.3, -0.25) is 4.79 Å². The number of amides is 3. The van der Waals surface area contributed by atoms with Crippen LogP contribution in [0.4, 0.5) is 10.5 Å². The third-order valence-corrected chi connectivity index (χ3v) is 4.80. The summed E-state index contributed by atoms with van der Waals surface area (Å²) in [5.41, 5.74) is 2.38. The van der Waals surface area contributed by atoms with Crippen LogP contribution in [0, 0.1) is 6.92 Å². The van der Waals surface area contributed by atoms with E-state index in [1.807, 2.05) is 43.3 Å². The van der Waals surface area contributed by atoms with Gasteiger partial charge in [-0.2, -0.15) is 0 Å². The number of nitrogens with one attached hydrogen (secondary N) is 2. The van der Waals surface area contributed by atoms with Crippen LogP contribution in [-0.2, 0) is 0 Å². The molecule has 0 unspecified atom stereocenters. The summed E-state index contributed by atoms with van der Waals surface area (Å²) in [4.78, 5) is 26.5. The highest BCUT2D eigenvalue weighted by Crippen LogP contribution is 2.22. The fraction of sp³-hybridized carbons (Fsp3) is 0.333. The highest BCUT2D eigenvalue weighted by Gasteiger charge is 2.24. The SMILES string of the molecule is COc1ccc(NC(=O)N2CCC(NC(=O)c3ccccc3)CC2)cc1C. The first-order valence-corrected chi connectivity index (χ1v) is 9.13. The van der Waals surface area contributed by atoms with Gasteiger partial charge in [-0.05, 0) is 55.7 Å². The molecule has 1 aliphatic heterocycles. The number of likely N-dealkylation sites (tertiary alicyclic amines) is 1. The molecule has 3 rings (SSSR count). The Morgan fingerprint density at radius 1 is 1.07 bits per heavy atom. The Hall–Kier alpha value is -3.02. The quantitative estimate of drug-likeness (QED) is 0.870. The number of piperidine rings is 1. The van der Waals surface area contributed by atoms with Crippen LogP contribution in [0.2, 0.25) is 0 Å². The molecule has 0 bridgehead atoms. The van der Waals surface area contributed by atoms with E-state index in [2.05, 4.69) is 10.6 Å². The van der Waals surface area contributed by atoms with Gasteiger partial charge in [-0.25, -0.2) is 4.79 Å². The van der Waals surface area contributed by atoms with Crippen molar-refractivity contribution in [2.75, 3.05) is 25.5 Å². The molecule has 0 spiro atoms. The zero-order valence-corrected chi connectivity index (χ0v) is 15.7. The van der Waals surface area contributed by atoms with Gasteiger partial charge in [-0.15, -0.1) is 0 Å². The minimum atomic E-state index is -0.118. The molecule has 3 amide bonds. The molecule has 1 aliphatic rings. The van der Waals surface area contributed by atoms with Gasteiger partial charge in [0.25, 0.3) is 5.91 Å². The standard InChI is InChI=1S/C21H25N3O3/c1-15-14-18(8-9-19(15)27-2)23-21(26)24-12-10-17(11-13-24)22-20(25)16-6-4-3-5-7-16/h3-9,14,17H,10-13H2,1-2H3,(H,22,25)(H,23,26). The number of urea groups is 1. The maximum Gasteiger partial charge on any atom is 0.321 e. The van der Waals surface area contributed by atoms with Gasteiger partial charge in [0.1, 0.15) is 5.75 Å². The summed E-state index contributed by atoms with van der Waals surface area (Å²) in [6, 6.07) is 14.7. The van der Waals surface area contributed by atoms with Crippen molar-refractivity contribution in [3.05, 3.63) is 59.7 Å². The fourth-order valence-corrected chi connectivity index (χ4v) is 3.24. The van der Waals surface area contributed by atoms with Gasteiger partial charge in [-0.1, -0.05) is 18.2 Å². The number of hydrogen-bond acceptors (Lipinski definition) is 3. The molecular weight excluding hydrogens is 342 g/mol. The van der Waals surface area contributed by atoms with Crippen molar-refractivity contribution in [3.8, 4) is 5.75 Å². The molecule has 0 aromatic heterocycles. The van der Waals surface area contributed by atoms with Crippen LogP contribution in [0.25, 0.3) is 0 Å². The number of benzene rings is 2. The van der Waals surface area contributed by atoms with Gasteiger partial charge < -0.3 is 20.3 Å². The molecule has 6 nitrogen and oxygen atoms in total. The lowest BCUT2D eigenvalue weighted by Crippen LogP contribution is -2.47. The Morgan fingerprint density at radius 3 is 2.41 bits per heavy atom. The predicted octanol–water partition coefficient (Wildman–Crippen LogP) is 3.43. The highest BCUT2D eigenvalue weighted by atomic mass is 16.5. The van der Waals surface area contributed by atoms with E-state index < -0.39 is 0 Å². The van der Waals surface area contributed by atoms with E-state index in [9.17, 15) is 9.59 Å². The largest absolute Gasteiger partial charge is 0.496 e. The molecule has 0 atom stereocenters. The van der Waals surface area contributed by atoms with Crippen molar-refractivity contribution in [2.45, 2.75) is 25.8 Å². The van der Waals surface area contributed by atoms with Gasteiger partial charge in [0, 0.05) is 30.4 Å². The molecule has 0 saturated carbocycles. The maximum atomic E-state index is 12.5. The first kappa shape index (κ1) is 18.8. The first-order chi connectivity index (χ1) is 13.1. The van der Waals surface area contributed by atoms with Crippen LogP contribution in [0.3, 0.4) is 0 Å². The minimum Gasteiger partial charge on any atom is -0.496 e. The number of carbonyl (C=O) groups excluding carboxylic acids is 2. The summed E-state index contributed by atoms with van der Waals surface area (Å²) in [6.07, 6.45) is 1.49. The van der Waals surface area contributed by atoms with Crippen molar-refractivity contribution >= 4 is 17.6 Å². The topological polar surface area (TPSA) is 70.7 Å². The third-order valence-electron chi connectivity index (χ3n) is 4.80. The summed E-state index contributed by atoms with van der Waals surface area (Å²) in [7, 11) is 1.63. The van der Waals surface area contributed by atoms with Gasteiger partial charge in [0.15, 0.2) is 0 Å². The number of carbonyl (C=O) groups is 2. The molecule has 1 heterocycles. The van der Waals surface area contributed by atoms with Crippen molar-refractivity contribution in [2.24, 2.45) is 0 Å². The normalized spacial score (nSPS) is 14.5. The van der Waals surface area contributed by atoms with E-state index in [4.69, 9.17) is 4.74 Å². The molecule has 2 aromatic carbocycles. The molecule has 0 aliphatic carbocycles. The Kier molecular flexibility index (Phi) is 5.96. The monoisotopic (exact) mass is 367 g/mol.